The lowest BCUT2D eigenvalue weighted by atomic mass is 10.1. The minimum Gasteiger partial charge on any atom is -0.494 e. The molecule has 2 rings (SSSR count). The molecule has 19 heavy (non-hydrogen) atoms. The van der Waals surface area contributed by atoms with E-state index in [0.717, 1.165) is 19.5 Å². The molecule has 1 saturated heterocycles. The summed E-state index contributed by atoms with van der Waals surface area (Å²) in [4.78, 5) is 2.34. The van der Waals surface area contributed by atoms with Crippen molar-refractivity contribution in [2.75, 3.05) is 20.2 Å². The van der Waals surface area contributed by atoms with Gasteiger partial charge < -0.3 is 10.1 Å². The van der Waals surface area contributed by atoms with Crippen molar-refractivity contribution in [2.45, 2.75) is 38.9 Å². The second kappa shape index (κ2) is 6.35. The second-order valence-corrected chi connectivity index (χ2v) is 5.36. The van der Waals surface area contributed by atoms with Gasteiger partial charge in [0.25, 0.3) is 0 Å². The predicted molar refractivity (Wildman–Crippen MR) is 74.9 cm³/mol. The predicted octanol–water partition coefficient (Wildman–Crippen LogP) is 2.41. The van der Waals surface area contributed by atoms with Gasteiger partial charge in [0.15, 0.2) is 11.6 Å². The van der Waals surface area contributed by atoms with Crippen LogP contribution in [0, 0.1) is 5.82 Å². The summed E-state index contributed by atoms with van der Waals surface area (Å²) in [5, 5.41) is 3.47. The lowest BCUT2D eigenvalue weighted by Crippen LogP contribution is -2.38. The first-order valence-corrected chi connectivity index (χ1v) is 6.90. The minimum absolute atomic E-state index is 0.234. The highest BCUT2D eigenvalue weighted by Gasteiger charge is 2.22. The lowest BCUT2D eigenvalue weighted by molar-refractivity contribution is 0.195. The Morgan fingerprint density at radius 3 is 2.95 bits per heavy atom. The number of benzene rings is 1. The van der Waals surface area contributed by atoms with Crippen LogP contribution in [0.2, 0.25) is 0 Å². The van der Waals surface area contributed by atoms with E-state index in [2.05, 4.69) is 24.1 Å². The Morgan fingerprint density at radius 2 is 2.21 bits per heavy atom. The second-order valence-electron chi connectivity index (χ2n) is 5.36. The molecule has 1 N–H and O–H groups in total. The fourth-order valence-electron chi connectivity index (χ4n) is 2.59. The van der Waals surface area contributed by atoms with Crippen LogP contribution in [-0.2, 0) is 6.54 Å². The van der Waals surface area contributed by atoms with E-state index in [4.69, 9.17) is 4.74 Å². The van der Waals surface area contributed by atoms with Crippen LogP contribution in [0.5, 0.6) is 5.75 Å². The molecule has 0 amide bonds. The Balaban J connectivity index is 2.14. The fraction of sp³-hybridized carbons (Fsp3) is 0.600. The van der Waals surface area contributed by atoms with Crippen LogP contribution in [0.3, 0.4) is 0 Å². The summed E-state index contributed by atoms with van der Waals surface area (Å²) in [5.74, 6) is 0.0909. The molecule has 2 atom stereocenters. The molecule has 1 fully saturated rings. The van der Waals surface area contributed by atoms with Crippen molar-refractivity contribution in [1.82, 2.24) is 10.2 Å². The summed E-state index contributed by atoms with van der Waals surface area (Å²) >= 11 is 0. The summed E-state index contributed by atoms with van der Waals surface area (Å²) in [6.07, 6.45) is 1.09. The first-order valence-electron chi connectivity index (χ1n) is 6.90. The van der Waals surface area contributed by atoms with E-state index in [1.165, 1.54) is 7.11 Å². The van der Waals surface area contributed by atoms with Crippen molar-refractivity contribution < 1.29 is 9.13 Å². The van der Waals surface area contributed by atoms with Gasteiger partial charge in [-0.2, -0.15) is 0 Å². The third kappa shape index (κ3) is 3.45. The third-order valence-corrected chi connectivity index (χ3v) is 3.82. The summed E-state index contributed by atoms with van der Waals surface area (Å²) in [5.41, 5.74) is 0.709. The van der Waals surface area contributed by atoms with Gasteiger partial charge in [-0.05, 0) is 32.9 Å². The topological polar surface area (TPSA) is 24.5 Å². The number of hydrogen-bond acceptors (Lipinski definition) is 3. The van der Waals surface area contributed by atoms with E-state index < -0.39 is 0 Å². The quantitative estimate of drug-likeness (QED) is 0.909. The molecule has 0 bridgehead atoms. The van der Waals surface area contributed by atoms with Crippen molar-refractivity contribution in [3.8, 4) is 5.75 Å². The van der Waals surface area contributed by atoms with E-state index in [1.54, 1.807) is 6.07 Å². The number of ether oxygens (including phenoxy) is 1. The lowest BCUT2D eigenvalue weighted by Gasteiger charge is -2.28. The Hall–Kier alpha value is -1.13. The maximum Gasteiger partial charge on any atom is 0.169 e. The Kier molecular flexibility index (Phi) is 4.77. The van der Waals surface area contributed by atoms with Crippen LogP contribution < -0.4 is 10.1 Å². The molecular formula is C15H23FN2O. The van der Waals surface area contributed by atoms with Gasteiger partial charge >= 0.3 is 0 Å². The van der Waals surface area contributed by atoms with Gasteiger partial charge in [-0.3, -0.25) is 4.90 Å². The molecule has 106 valence electrons. The molecule has 2 unspecified atom stereocenters. The van der Waals surface area contributed by atoms with Gasteiger partial charge in [0, 0.05) is 30.7 Å². The molecule has 0 aliphatic carbocycles. The largest absolute Gasteiger partial charge is 0.494 e. The summed E-state index contributed by atoms with van der Waals surface area (Å²) in [6.45, 7) is 6.98. The average molecular weight is 266 g/mol. The molecule has 1 heterocycles. The van der Waals surface area contributed by atoms with E-state index in [0.29, 0.717) is 29.9 Å². The molecule has 1 aliphatic heterocycles. The normalized spacial score (nSPS) is 25.1. The molecule has 3 nitrogen and oxygen atoms in total. The van der Waals surface area contributed by atoms with Crippen LogP contribution in [0.1, 0.15) is 25.8 Å². The van der Waals surface area contributed by atoms with Gasteiger partial charge in [-0.1, -0.05) is 12.1 Å². The standard InChI is InChI=1S/C15H23FN2O/c1-11-9-18(12(2)7-8-17-11)10-13-5-4-6-14(19-3)15(13)16/h4-6,11-12,17H,7-10H2,1-3H3. The van der Waals surface area contributed by atoms with Crippen LogP contribution in [0.4, 0.5) is 4.39 Å². The van der Waals surface area contributed by atoms with Crippen LogP contribution >= 0.6 is 0 Å². The number of nitrogens with one attached hydrogen (secondary N) is 1. The van der Waals surface area contributed by atoms with Crippen molar-refractivity contribution in [3.63, 3.8) is 0 Å². The number of rotatable bonds is 3. The maximum atomic E-state index is 14.2. The Morgan fingerprint density at radius 1 is 1.42 bits per heavy atom. The first kappa shape index (κ1) is 14.3. The summed E-state index contributed by atoms with van der Waals surface area (Å²) in [7, 11) is 1.50. The van der Waals surface area contributed by atoms with Crippen molar-refractivity contribution >= 4 is 0 Å². The number of methoxy groups -OCH3 is 1. The van der Waals surface area contributed by atoms with E-state index in [-0.39, 0.29) is 5.82 Å². The van der Waals surface area contributed by atoms with Gasteiger partial charge in [0.1, 0.15) is 0 Å². The molecule has 4 heteroatoms. The first-order chi connectivity index (χ1) is 9.11. The average Bonchev–Trinajstić information content (AvgIpc) is 2.54. The van der Waals surface area contributed by atoms with Crippen LogP contribution in [-0.4, -0.2) is 37.2 Å². The van der Waals surface area contributed by atoms with E-state index in [1.807, 2.05) is 12.1 Å². The monoisotopic (exact) mass is 266 g/mol. The van der Waals surface area contributed by atoms with Crippen LogP contribution in [0.25, 0.3) is 0 Å². The Labute approximate surface area is 114 Å². The molecule has 0 saturated carbocycles. The van der Waals surface area contributed by atoms with Gasteiger partial charge in [-0.15, -0.1) is 0 Å². The number of hydrogen-bond donors (Lipinski definition) is 1. The molecule has 1 aromatic carbocycles. The SMILES string of the molecule is COc1cccc(CN2CC(C)NCCC2C)c1F. The maximum absolute atomic E-state index is 14.2. The van der Waals surface area contributed by atoms with Gasteiger partial charge in [-0.25, -0.2) is 4.39 Å². The zero-order valence-electron chi connectivity index (χ0n) is 11.9. The highest BCUT2D eigenvalue weighted by atomic mass is 19.1. The summed E-state index contributed by atoms with van der Waals surface area (Å²) < 4.78 is 19.2. The molecule has 0 aromatic heterocycles. The molecule has 0 spiro atoms. The highest BCUT2D eigenvalue weighted by Crippen LogP contribution is 2.22. The molecule has 0 radical (unpaired) electrons. The van der Waals surface area contributed by atoms with Crippen molar-refractivity contribution in [1.29, 1.82) is 0 Å². The van der Waals surface area contributed by atoms with Gasteiger partial charge in [0.2, 0.25) is 0 Å². The zero-order valence-corrected chi connectivity index (χ0v) is 11.9. The number of nitrogens with zero attached hydrogens (tertiary/aromatic N) is 1. The third-order valence-electron chi connectivity index (χ3n) is 3.82. The van der Waals surface area contributed by atoms with Crippen molar-refractivity contribution in [3.05, 3.63) is 29.6 Å². The fourth-order valence-corrected chi connectivity index (χ4v) is 2.59. The zero-order chi connectivity index (χ0) is 13.8. The molecule has 1 aliphatic rings. The summed E-state index contributed by atoms with van der Waals surface area (Å²) in [6, 6.07) is 6.26. The highest BCUT2D eigenvalue weighted by molar-refractivity contribution is 5.31. The van der Waals surface area contributed by atoms with E-state index >= 15 is 0 Å². The van der Waals surface area contributed by atoms with Crippen LogP contribution in [0.15, 0.2) is 18.2 Å². The van der Waals surface area contributed by atoms with Gasteiger partial charge in [0.05, 0.1) is 7.11 Å². The smallest absolute Gasteiger partial charge is 0.169 e. The Bertz CT molecular complexity index is 425. The molecular weight excluding hydrogens is 243 g/mol. The number of halogens is 1. The minimum atomic E-state index is -0.234. The van der Waals surface area contributed by atoms with Crippen molar-refractivity contribution in [2.24, 2.45) is 0 Å². The van der Waals surface area contributed by atoms with E-state index in [9.17, 15) is 4.39 Å². The molecule has 1 aromatic rings.